The molecule has 8 nitrogen and oxygen atoms in total. The number of anilines is 1. The molecule has 2 aromatic heterocycles. The lowest BCUT2D eigenvalue weighted by Crippen LogP contribution is -2.27. The van der Waals surface area contributed by atoms with Crippen LogP contribution in [0.1, 0.15) is 36.3 Å². The number of carbonyl (C=O) groups excluding carboxylic acids is 1. The molecule has 7 N–H and O–H groups in total. The quantitative estimate of drug-likeness (QED) is 0.160. The topological polar surface area (TPSA) is 135 Å². The number of fused-ring (bicyclic) bond motifs is 2. The lowest BCUT2D eigenvalue weighted by atomic mass is 9.99. The molecule has 0 bridgehead atoms. The largest absolute Gasteiger partial charge is 0.369 e. The van der Waals surface area contributed by atoms with Gasteiger partial charge in [0.05, 0.1) is 5.71 Å². The van der Waals surface area contributed by atoms with Crippen molar-refractivity contribution in [2.75, 3.05) is 5.32 Å². The van der Waals surface area contributed by atoms with Crippen molar-refractivity contribution in [3.63, 3.8) is 0 Å². The second-order valence-electron chi connectivity index (χ2n) is 7.90. The van der Waals surface area contributed by atoms with Crippen LogP contribution in [0.15, 0.2) is 59.8 Å². The first-order chi connectivity index (χ1) is 14.9. The normalized spacial score (nSPS) is 11.9. The molecule has 0 spiro atoms. The van der Waals surface area contributed by atoms with Gasteiger partial charge in [-0.15, -0.1) is 0 Å². The summed E-state index contributed by atoms with van der Waals surface area (Å²) in [5.41, 5.74) is 12.7. The summed E-state index contributed by atoms with van der Waals surface area (Å²) < 4.78 is 0. The van der Waals surface area contributed by atoms with E-state index in [-0.39, 0.29) is 11.9 Å². The van der Waals surface area contributed by atoms with Crippen LogP contribution in [0.3, 0.4) is 0 Å². The number of hydrogen-bond acceptors (Lipinski definition) is 3. The average Bonchev–Trinajstić information content (AvgIpc) is 3.36. The maximum Gasteiger partial charge on any atom is 0.272 e. The fourth-order valence-corrected chi connectivity index (χ4v) is 3.50. The van der Waals surface area contributed by atoms with Crippen molar-refractivity contribution >= 4 is 45.1 Å². The number of carbonyl (C=O) groups is 1. The smallest absolute Gasteiger partial charge is 0.272 e. The molecule has 31 heavy (non-hydrogen) atoms. The molecular formula is C23H25N7O. The van der Waals surface area contributed by atoms with E-state index in [1.54, 1.807) is 0 Å². The zero-order chi connectivity index (χ0) is 22.0. The number of aromatic nitrogens is 2. The van der Waals surface area contributed by atoms with Gasteiger partial charge in [-0.2, -0.15) is 5.10 Å². The minimum Gasteiger partial charge on any atom is -0.369 e. The van der Waals surface area contributed by atoms with Gasteiger partial charge in [0.2, 0.25) is 5.96 Å². The van der Waals surface area contributed by atoms with Crippen molar-refractivity contribution in [1.82, 2.24) is 15.4 Å². The number of aromatic amines is 2. The number of hydrazone groups is 1. The first-order valence-electron chi connectivity index (χ1n) is 10.1. The molecule has 0 fully saturated rings. The first-order valence-corrected chi connectivity index (χ1v) is 10.1. The number of nitrogens with zero attached hydrogens (tertiary/aromatic N) is 1. The van der Waals surface area contributed by atoms with Gasteiger partial charge in [-0.1, -0.05) is 26.0 Å². The molecule has 158 valence electrons. The van der Waals surface area contributed by atoms with Crippen molar-refractivity contribution in [1.29, 1.82) is 5.41 Å². The highest BCUT2D eigenvalue weighted by Gasteiger charge is 2.13. The van der Waals surface area contributed by atoms with Gasteiger partial charge in [0.25, 0.3) is 5.91 Å². The van der Waals surface area contributed by atoms with E-state index >= 15 is 0 Å². The number of nitrogens with one attached hydrogen (secondary N) is 5. The molecule has 0 aliphatic carbocycles. The zero-order valence-corrected chi connectivity index (χ0v) is 17.4. The van der Waals surface area contributed by atoms with Crippen LogP contribution in [0.25, 0.3) is 21.8 Å². The molecule has 2 heterocycles. The third-order valence-electron chi connectivity index (χ3n) is 4.92. The standard InChI is InChI=1S/C23H25N7O/c1-13(2)9-20(29-30-23(24)25)15-4-6-18-16(10-15)11-21(28-18)22(31)27-17-5-3-14-7-8-26-19(14)12-17/h3-8,10-13,26,28H,9H2,1-2H3,(H,27,31)(H4,24,25,30). The Morgan fingerprint density at radius 1 is 1.10 bits per heavy atom. The molecule has 0 atom stereocenters. The monoisotopic (exact) mass is 415 g/mol. The minimum absolute atomic E-state index is 0.208. The van der Waals surface area contributed by atoms with E-state index in [4.69, 9.17) is 11.1 Å². The summed E-state index contributed by atoms with van der Waals surface area (Å²) in [5.74, 6) is -0.0359. The van der Waals surface area contributed by atoms with Gasteiger partial charge in [0.1, 0.15) is 5.69 Å². The third-order valence-corrected chi connectivity index (χ3v) is 4.92. The SMILES string of the molecule is CC(C)CC(=NNC(=N)N)c1ccc2[nH]c(C(=O)Nc3ccc4cc[nH]c4c3)cc2c1. The van der Waals surface area contributed by atoms with E-state index in [1.165, 1.54) is 0 Å². The second kappa shape index (κ2) is 8.35. The van der Waals surface area contributed by atoms with E-state index in [0.29, 0.717) is 11.6 Å². The van der Waals surface area contributed by atoms with Gasteiger partial charge in [-0.05, 0) is 59.7 Å². The van der Waals surface area contributed by atoms with Crippen LogP contribution in [0, 0.1) is 11.3 Å². The molecule has 0 saturated heterocycles. The number of guanidine groups is 1. The van der Waals surface area contributed by atoms with Gasteiger partial charge in [0, 0.05) is 28.3 Å². The van der Waals surface area contributed by atoms with Gasteiger partial charge in [-0.3, -0.25) is 10.2 Å². The number of rotatable bonds is 6. The van der Waals surface area contributed by atoms with Crippen LogP contribution < -0.4 is 16.5 Å². The molecule has 2 aromatic carbocycles. The van der Waals surface area contributed by atoms with Crippen molar-refractivity contribution in [3.8, 4) is 0 Å². The molecule has 0 radical (unpaired) electrons. The third kappa shape index (κ3) is 4.58. The molecule has 4 aromatic rings. The predicted octanol–water partition coefficient (Wildman–Crippen LogP) is 4.13. The van der Waals surface area contributed by atoms with Crippen molar-refractivity contribution in [3.05, 3.63) is 66.0 Å². The van der Waals surface area contributed by atoms with Gasteiger partial charge in [0.15, 0.2) is 0 Å². The van der Waals surface area contributed by atoms with Crippen LogP contribution in [0.4, 0.5) is 5.69 Å². The number of amides is 1. The summed E-state index contributed by atoms with van der Waals surface area (Å²) in [6.45, 7) is 4.20. The number of benzene rings is 2. The van der Waals surface area contributed by atoms with Crippen LogP contribution in [0.5, 0.6) is 0 Å². The summed E-state index contributed by atoms with van der Waals surface area (Å²) in [5, 5.41) is 16.6. The van der Waals surface area contributed by atoms with E-state index in [1.807, 2.05) is 54.7 Å². The molecule has 0 aliphatic heterocycles. The first kappa shape index (κ1) is 20.2. The maximum absolute atomic E-state index is 12.8. The molecular weight excluding hydrogens is 390 g/mol. The Hall–Kier alpha value is -4.07. The van der Waals surface area contributed by atoms with Crippen molar-refractivity contribution in [2.24, 2.45) is 16.8 Å². The Balaban J connectivity index is 1.59. The maximum atomic E-state index is 12.8. The molecule has 8 heteroatoms. The highest BCUT2D eigenvalue weighted by atomic mass is 16.1. The van der Waals surface area contributed by atoms with Crippen LogP contribution >= 0.6 is 0 Å². The minimum atomic E-state index is -0.210. The average molecular weight is 416 g/mol. The van der Waals surface area contributed by atoms with E-state index < -0.39 is 0 Å². The fourth-order valence-electron chi connectivity index (χ4n) is 3.50. The molecule has 1 amide bonds. The van der Waals surface area contributed by atoms with Gasteiger partial charge in [-0.25, -0.2) is 5.43 Å². The number of nitrogens with two attached hydrogens (primary N) is 1. The molecule has 4 rings (SSSR count). The highest BCUT2D eigenvalue weighted by Crippen LogP contribution is 2.22. The Bertz CT molecular complexity index is 1300. The van der Waals surface area contributed by atoms with Crippen LogP contribution in [-0.4, -0.2) is 27.5 Å². The zero-order valence-electron chi connectivity index (χ0n) is 17.4. The molecule has 0 aliphatic rings. The predicted molar refractivity (Wildman–Crippen MR) is 126 cm³/mol. The Kier molecular flexibility index (Phi) is 5.44. The van der Waals surface area contributed by atoms with Gasteiger partial charge >= 0.3 is 0 Å². The summed E-state index contributed by atoms with van der Waals surface area (Å²) in [4.78, 5) is 19.1. The summed E-state index contributed by atoms with van der Waals surface area (Å²) in [6.07, 6.45) is 2.60. The van der Waals surface area contributed by atoms with Crippen LogP contribution in [-0.2, 0) is 0 Å². The second-order valence-corrected chi connectivity index (χ2v) is 7.90. The van der Waals surface area contributed by atoms with E-state index in [9.17, 15) is 4.79 Å². The molecule has 0 saturated carbocycles. The van der Waals surface area contributed by atoms with Crippen LogP contribution in [0.2, 0.25) is 0 Å². The Morgan fingerprint density at radius 3 is 2.71 bits per heavy atom. The summed E-state index contributed by atoms with van der Waals surface area (Å²) in [7, 11) is 0. The Morgan fingerprint density at radius 2 is 1.94 bits per heavy atom. The van der Waals surface area contributed by atoms with Crippen molar-refractivity contribution in [2.45, 2.75) is 20.3 Å². The number of hydrogen-bond donors (Lipinski definition) is 6. The highest BCUT2D eigenvalue weighted by molar-refractivity contribution is 6.08. The Labute approximate surface area is 179 Å². The summed E-state index contributed by atoms with van der Waals surface area (Å²) in [6, 6.07) is 15.4. The van der Waals surface area contributed by atoms with Crippen molar-refractivity contribution < 1.29 is 4.79 Å². The summed E-state index contributed by atoms with van der Waals surface area (Å²) >= 11 is 0. The lowest BCUT2D eigenvalue weighted by molar-refractivity contribution is 0.102. The fraction of sp³-hybridized carbons (Fsp3) is 0.174. The number of H-pyrrole nitrogens is 2. The lowest BCUT2D eigenvalue weighted by Gasteiger charge is -2.10. The van der Waals surface area contributed by atoms with Gasteiger partial charge < -0.3 is 21.0 Å². The molecule has 0 unspecified atom stereocenters. The van der Waals surface area contributed by atoms with E-state index in [0.717, 1.165) is 45.2 Å². The van der Waals surface area contributed by atoms with E-state index in [2.05, 4.69) is 39.7 Å².